The van der Waals surface area contributed by atoms with E-state index in [1.54, 1.807) is 12.3 Å². The fourth-order valence-electron chi connectivity index (χ4n) is 4.34. The lowest BCUT2D eigenvalue weighted by Crippen LogP contribution is -2.26. The highest BCUT2D eigenvalue weighted by atomic mass is 19.1. The number of fused-ring (bicyclic) bond motifs is 1. The normalized spacial score (nSPS) is 20.9. The second-order valence-corrected chi connectivity index (χ2v) is 8.41. The highest BCUT2D eigenvalue weighted by Gasteiger charge is 2.38. The largest absolute Gasteiger partial charge is 0.460 e. The summed E-state index contributed by atoms with van der Waals surface area (Å²) in [5.41, 5.74) is 1.22. The van der Waals surface area contributed by atoms with Crippen LogP contribution < -0.4 is 10.6 Å². The summed E-state index contributed by atoms with van der Waals surface area (Å²) in [6.07, 6.45) is 5.67. The van der Waals surface area contributed by atoms with Crippen LogP contribution >= 0.6 is 0 Å². The molecule has 5 rings (SSSR count). The molecule has 176 valence electrons. The van der Waals surface area contributed by atoms with E-state index in [9.17, 15) is 14.0 Å². The van der Waals surface area contributed by atoms with E-state index < -0.39 is 17.6 Å². The van der Waals surface area contributed by atoms with Gasteiger partial charge in [0.1, 0.15) is 18.2 Å². The number of benzene rings is 1. The lowest BCUT2D eigenvalue weighted by Gasteiger charge is -2.14. The first-order valence-corrected chi connectivity index (χ1v) is 11.4. The van der Waals surface area contributed by atoms with Crippen LogP contribution in [0.1, 0.15) is 24.3 Å². The number of ether oxygens (including phenoxy) is 2. The molecule has 2 aromatic rings. The van der Waals surface area contributed by atoms with Crippen molar-refractivity contribution in [1.82, 2.24) is 9.88 Å². The monoisotopic (exact) mass is 464 g/mol. The number of carbonyl (C=O) groups excluding carboxylic acids is 2. The van der Waals surface area contributed by atoms with Gasteiger partial charge >= 0.3 is 5.97 Å². The Bertz CT molecular complexity index is 1160. The van der Waals surface area contributed by atoms with Gasteiger partial charge in [-0.15, -0.1) is 0 Å². The minimum atomic E-state index is -0.746. The van der Waals surface area contributed by atoms with E-state index in [-0.39, 0.29) is 29.7 Å². The molecule has 8 nitrogen and oxygen atoms in total. The minimum absolute atomic E-state index is 0.0219. The highest BCUT2D eigenvalue weighted by Crippen LogP contribution is 2.34. The van der Waals surface area contributed by atoms with Crippen LogP contribution in [-0.4, -0.2) is 54.4 Å². The van der Waals surface area contributed by atoms with Crippen LogP contribution in [0.3, 0.4) is 0 Å². The molecule has 4 heterocycles. The minimum Gasteiger partial charge on any atom is -0.460 e. The third-order valence-electron chi connectivity index (χ3n) is 6.12. The van der Waals surface area contributed by atoms with Gasteiger partial charge in [0.15, 0.2) is 11.3 Å². The van der Waals surface area contributed by atoms with Crippen molar-refractivity contribution in [3.8, 4) is 0 Å². The van der Waals surface area contributed by atoms with Gasteiger partial charge in [-0.25, -0.2) is 14.2 Å². The summed E-state index contributed by atoms with van der Waals surface area (Å²) in [4.78, 5) is 32.7. The summed E-state index contributed by atoms with van der Waals surface area (Å²) in [7, 11) is 0. The Hall–Kier alpha value is -3.72. The fourth-order valence-corrected chi connectivity index (χ4v) is 4.34. The van der Waals surface area contributed by atoms with E-state index in [0.29, 0.717) is 18.8 Å². The first-order chi connectivity index (χ1) is 16.6. The molecule has 0 spiro atoms. The Labute approximate surface area is 196 Å². The first-order valence-electron chi connectivity index (χ1n) is 11.4. The number of halogens is 1. The van der Waals surface area contributed by atoms with E-state index in [1.807, 2.05) is 12.1 Å². The van der Waals surface area contributed by atoms with E-state index in [2.05, 4.69) is 20.5 Å². The van der Waals surface area contributed by atoms with Crippen molar-refractivity contribution in [3.05, 3.63) is 77.3 Å². The molecule has 1 aromatic carbocycles. The highest BCUT2D eigenvalue weighted by molar-refractivity contribution is 6.25. The topological polar surface area (TPSA) is 92.8 Å². The quantitative estimate of drug-likeness (QED) is 0.367. The van der Waals surface area contributed by atoms with Crippen molar-refractivity contribution in [3.63, 3.8) is 0 Å². The van der Waals surface area contributed by atoms with Crippen molar-refractivity contribution in [2.24, 2.45) is 0 Å². The third kappa shape index (κ3) is 4.65. The molecule has 1 fully saturated rings. The molecule has 9 heteroatoms. The number of esters is 1. The number of hydrogen-bond donors (Lipinski definition) is 2. The van der Waals surface area contributed by atoms with Crippen molar-refractivity contribution in [2.75, 3.05) is 43.4 Å². The zero-order valence-electron chi connectivity index (χ0n) is 18.6. The van der Waals surface area contributed by atoms with Crippen LogP contribution in [-0.2, 0) is 19.1 Å². The summed E-state index contributed by atoms with van der Waals surface area (Å²) in [5.74, 6) is -1.05. The number of anilines is 2. The number of rotatable bonds is 7. The Morgan fingerprint density at radius 1 is 1.26 bits per heavy atom. The van der Waals surface area contributed by atoms with Gasteiger partial charge in [0.25, 0.3) is 0 Å². The number of Topliss-reactive ketones (excluding diaryl/α,β-unsaturated/α-hetero) is 1. The number of nitrogens with zero attached hydrogens (tertiary/aromatic N) is 2. The number of likely N-dealkylation sites (tertiary alicyclic amines) is 1. The van der Waals surface area contributed by atoms with Crippen molar-refractivity contribution >= 4 is 23.3 Å². The number of carbonyl (C=O) groups is 2. The first kappa shape index (κ1) is 22.1. The molecule has 1 aromatic heterocycles. The maximum absolute atomic E-state index is 13.3. The maximum Gasteiger partial charge on any atom is 0.347 e. The molecule has 1 atom stereocenters. The van der Waals surface area contributed by atoms with Crippen LogP contribution in [0.5, 0.6) is 0 Å². The van der Waals surface area contributed by atoms with Gasteiger partial charge in [-0.3, -0.25) is 9.69 Å². The van der Waals surface area contributed by atoms with Crippen LogP contribution in [0.15, 0.2) is 65.9 Å². The number of allylic oxidation sites excluding steroid dienone is 1. The average molecular weight is 464 g/mol. The van der Waals surface area contributed by atoms with Crippen LogP contribution in [0, 0.1) is 5.82 Å². The second kappa shape index (κ2) is 9.64. The molecule has 0 radical (unpaired) electrons. The number of nitrogens with one attached hydrogen (secondary N) is 2. The molecule has 1 saturated heterocycles. The van der Waals surface area contributed by atoms with E-state index in [1.165, 1.54) is 24.3 Å². The van der Waals surface area contributed by atoms with E-state index in [0.717, 1.165) is 37.3 Å². The lowest BCUT2D eigenvalue weighted by molar-refractivity contribution is -0.140. The van der Waals surface area contributed by atoms with Crippen LogP contribution in [0.25, 0.3) is 0 Å². The summed E-state index contributed by atoms with van der Waals surface area (Å²) < 4.78 is 24.6. The molecule has 34 heavy (non-hydrogen) atoms. The smallest absolute Gasteiger partial charge is 0.347 e. The summed E-state index contributed by atoms with van der Waals surface area (Å²) in [6.45, 7) is 3.33. The Morgan fingerprint density at radius 3 is 2.85 bits per heavy atom. The number of aromatic nitrogens is 1. The summed E-state index contributed by atoms with van der Waals surface area (Å²) >= 11 is 0. The van der Waals surface area contributed by atoms with Gasteiger partial charge < -0.3 is 20.1 Å². The van der Waals surface area contributed by atoms with Crippen molar-refractivity contribution in [2.45, 2.75) is 18.8 Å². The SMILES string of the molecule is O=C(OCCN1CCCC1)C1=C(Nc2ccc(F)cc2)O/C(=C\C2CNc3ncccc32)C1=O. The predicted octanol–water partition coefficient (Wildman–Crippen LogP) is 3.18. The Balaban J connectivity index is 1.36. The van der Waals surface area contributed by atoms with Gasteiger partial charge in [-0.2, -0.15) is 0 Å². The zero-order valence-corrected chi connectivity index (χ0v) is 18.6. The molecular weight excluding hydrogens is 439 g/mol. The molecule has 3 aliphatic heterocycles. The molecule has 0 aliphatic carbocycles. The van der Waals surface area contributed by atoms with Crippen molar-refractivity contribution in [1.29, 1.82) is 0 Å². The predicted molar refractivity (Wildman–Crippen MR) is 123 cm³/mol. The second-order valence-electron chi connectivity index (χ2n) is 8.41. The molecule has 0 bridgehead atoms. The third-order valence-corrected chi connectivity index (χ3v) is 6.12. The molecule has 1 unspecified atom stereocenters. The lowest BCUT2D eigenvalue weighted by atomic mass is 10.0. The van der Waals surface area contributed by atoms with Gasteiger partial charge in [0.05, 0.1) is 0 Å². The zero-order chi connectivity index (χ0) is 23.5. The standard InChI is InChI=1S/C25H25FN4O4/c26-17-5-7-18(8-6-17)29-24-21(25(32)33-13-12-30-10-1-2-11-30)22(31)20(34-24)14-16-15-28-23-19(16)4-3-9-27-23/h3-9,14,16,29H,1-2,10-13,15H2,(H,27,28)/b20-14-. The molecular formula is C25H25FN4O4. The summed E-state index contributed by atoms with van der Waals surface area (Å²) in [6, 6.07) is 9.31. The molecule has 3 aliphatic rings. The summed E-state index contributed by atoms with van der Waals surface area (Å²) in [5, 5.41) is 6.13. The van der Waals surface area contributed by atoms with Gasteiger partial charge in [0, 0.05) is 36.5 Å². The van der Waals surface area contributed by atoms with Crippen LogP contribution in [0.2, 0.25) is 0 Å². The van der Waals surface area contributed by atoms with Gasteiger partial charge in [-0.1, -0.05) is 6.07 Å². The number of pyridine rings is 1. The van der Waals surface area contributed by atoms with Crippen LogP contribution in [0.4, 0.5) is 15.9 Å². The Kier molecular flexibility index (Phi) is 6.27. The Morgan fingerprint density at radius 2 is 2.06 bits per heavy atom. The van der Waals surface area contributed by atoms with E-state index in [4.69, 9.17) is 9.47 Å². The number of ketones is 1. The fraction of sp³-hybridized carbons (Fsp3) is 0.320. The number of hydrogen-bond acceptors (Lipinski definition) is 8. The molecule has 0 amide bonds. The molecule has 0 saturated carbocycles. The molecule has 2 N–H and O–H groups in total. The van der Waals surface area contributed by atoms with E-state index >= 15 is 0 Å². The average Bonchev–Trinajstić information content (AvgIpc) is 3.56. The van der Waals surface area contributed by atoms with Gasteiger partial charge in [0.2, 0.25) is 11.7 Å². The maximum atomic E-state index is 13.3. The van der Waals surface area contributed by atoms with Crippen molar-refractivity contribution < 1.29 is 23.5 Å². The van der Waals surface area contributed by atoms with Gasteiger partial charge in [-0.05, 0) is 62.3 Å².